The highest BCUT2D eigenvalue weighted by atomic mass is 16.3. The average Bonchev–Trinajstić information content (AvgIpc) is 2.76. The Morgan fingerprint density at radius 3 is 2.23 bits per heavy atom. The lowest BCUT2D eigenvalue weighted by molar-refractivity contribution is -0.121. The van der Waals surface area contributed by atoms with Crippen molar-refractivity contribution in [3.8, 4) is 5.75 Å². The van der Waals surface area contributed by atoms with Gasteiger partial charge >= 0.3 is 0 Å². The number of benzene rings is 3. The van der Waals surface area contributed by atoms with Crippen LogP contribution in [0.2, 0.25) is 0 Å². The van der Waals surface area contributed by atoms with E-state index in [1.165, 1.54) is 5.56 Å². The molecule has 0 saturated carbocycles. The third-order valence-electron chi connectivity index (χ3n) is 5.82. The quantitative estimate of drug-likeness (QED) is 0.511. The number of hydrogen-bond donors (Lipinski definition) is 2. The minimum atomic E-state index is -0.188. The standard InChI is InChI=1S/C27H31NO2/c1-19-14-17-24(27(30)21(19)3)25(23-12-8-5-9-13-23)18-26(29)28-20(2)15-16-22-10-6-4-7-11-22/h4-14,17,20,25,30H,15-16,18H2,1-3H3,(H,28,29). The third-order valence-corrected chi connectivity index (χ3v) is 5.82. The van der Waals surface area contributed by atoms with Crippen molar-refractivity contribution in [1.82, 2.24) is 5.32 Å². The number of phenolic OH excluding ortho intramolecular Hbond substituents is 1. The lowest BCUT2D eigenvalue weighted by Gasteiger charge is -2.22. The summed E-state index contributed by atoms with van der Waals surface area (Å²) in [6.45, 7) is 5.95. The van der Waals surface area contributed by atoms with E-state index in [-0.39, 0.29) is 23.6 Å². The van der Waals surface area contributed by atoms with E-state index in [0.717, 1.165) is 35.1 Å². The Hall–Kier alpha value is -3.07. The molecule has 0 saturated heterocycles. The number of carbonyl (C=O) groups excluding carboxylic acids is 1. The summed E-state index contributed by atoms with van der Waals surface area (Å²) in [7, 11) is 0. The van der Waals surface area contributed by atoms with E-state index < -0.39 is 0 Å². The van der Waals surface area contributed by atoms with Crippen LogP contribution in [0.25, 0.3) is 0 Å². The van der Waals surface area contributed by atoms with Gasteiger partial charge < -0.3 is 10.4 Å². The molecule has 30 heavy (non-hydrogen) atoms. The Balaban J connectivity index is 1.72. The van der Waals surface area contributed by atoms with E-state index in [0.29, 0.717) is 6.42 Å². The van der Waals surface area contributed by atoms with Crippen molar-refractivity contribution in [2.45, 2.75) is 52.0 Å². The predicted molar refractivity (Wildman–Crippen MR) is 123 cm³/mol. The maximum Gasteiger partial charge on any atom is 0.221 e. The number of hydrogen-bond acceptors (Lipinski definition) is 2. The predicted octanol–water partition coefficient (Wildman–Crippen LogP) is 5.67. The minimum Gasteiger partial charge on any atom is -0.507 e. The summed E-state index contributed by atoms with van der Waals surface area (Å²) in [6.07, 6.45) is 2.12. The van der Waals surface area contributed by atoms with Gasteiger partial charge in [0.2, 0.25) is 5.91 Å². The third kappa shape index (κ3) is 5.50. The van der Waals surface area contributed by atoms with E-state index >= 15 is 0 Å². The first-order valence-corrected chi connectivity index (χ1v) is 10.6. The Kier molecular flexibility index (Phi) is 7.29. The maximum absolute atomic E-state index is 12.9. The number of rotatable bonds is 8. The summed E-state index contributed by atoms with van der Waals surface area (Å²) in [5.41, 5.74) is 5.02. The van der Waals surface area contributed by atoms with Gasteiger partial charge in [-0.25, -0.2) is 0 Å². The van der Waals surface area contributed by atoms with Gasteiger partial charge in [-0.2, -0.15) is 0 Å². The number of nitrogens with one attached hydrogen (secondary N) is 1. The lowest BCUT2D eigenvalue weighted by Crippen LogP contribution is -2.34. The Labute approximate surface area is 179 Å². The van der Waals surface area contributed by atoms with E-state index in [2.05, 4.69) is 17.4 Å². The van der Waals surface area contributed by atoms with Crippen molar-refractivity contribution < 1.29 is 9.90 Å². The van der Waals surface area contributed by atoms with Gasteiger partial charge in [-0.05, 0) is 55.9 Å². The van der Waals surface area contributed by atoms with Crippen LogP contribution in [0.4, 0.5) is 0 Å². The number of carbonyl (C=O) groups is 1. The van der Waals surface area contributed by atoms with Gasteiger partial charge in [-0.3, -0.25) is 4.79 Å². The van der Waals surface area contributed by atoms with Crippen LogP contribution in [-0.4, -0.2) is 17.1 Å². The van der Waals surface area contributed by atoms with Crippen molar-refractivity contribution in [3.05, 3.63) is 101 Å². The summed E-state index contributed by atoms with van der Waals surface area (Å²) < 4.78 is 0. The minimum absolute atomic E-state index is 0.00189. The summed E-state index contributed by atoms with van der Waals surface area (Å²) in [5.74, 6) is 0.0997. The zero-order chi connectivity index (χ0) is 21.5. The maximum atomic E-state index is 12.9. The zero-order valence-corrected chi connectivity index (χ0v) is 18.1. The van der Waals surface area contributed by atoms with Crippen LogP contribution in [-0.2, 0) is 11.2 Å². The van der Waals surface area contributed by atoms with Gasteiger partial charge in [0, 0.05) is 23.9 Å². The molecule has 3 nitrogen and oxygen atoms in total. The molecule has 0 aromatic heterocycles. The first-order valence-electron chi connectivity index (χ1n) is 10.6. The number of aryl methyl sites for hydroxylation is 2. The van der Waals surface area contributed by atoms with E-state index in [1.807, 2.05) is 81.4 Å². The molecule has 0 radical (unpaired) electrons. The Bertz CT molecular complexity index is 967. The SMILES string of the molecule is Cc1ccc(C(CC(=O)NC(C)CCc2ccccc2)c2ccccc2)c(O)c1C. The van der Waals surface area contributed by atoms with Gasteiger partial charge in [0.25, 0.3) is 0 Å². The molecule has 2 unspecified atom stereocenters. The van der Waals surface area contributed by atoms with E-state index in [9.17, 15) is 9.90 Å². The number of aromatic hydroxyl groups is 1. The van der Waals surface area contributed by atoms with Crippen molar-refractivity contribution in [2.75, 3.05) is 0 Å². The molecular weight excluding hydrogens is 370 g/mol. The smallest absolute Gasteiger partial charge is 0.221 e. The van der Waals surface area contributed by atoms with Crippen molar-refractivity contribution in [3.63, 3.8) is 0 Å². The Morgan fingerprint density at radius 2 is 1.57 bits per heavy atom. The van der Waals surface area contributed by atoms with Crippen LogP contribution in [0.5, 0.6) is 5.75 Å². The molecule has 3 heteroatoms. The fourth-order valence-electron chi connectivity index (χ4n) is 3.82. The monoisotopic (exact) mass is 401 g/mol. The van der Waals surface area contributed by atoms with E-state index in [1.54, 1.807) is 0 Å². The van der Waals surface area contributed by atoms with Crippen molar-refractivity contribution in [1.29, 1.82) is 0 Å². The average molecular weight is 402 g/mol. The fourth-order valence-corrected chi connectivity index (χ4v) is 3.82. The van der Waals surface area contributed by atoms with Crippen LogP contribution < -0.4 is 5.32 Å². The molecule has 0 aliphatic rings. The molecule has 2 N–H and O–H groups in total. The molecule has 156 valence electrons. The molecule has 0 aliphatic carbocycles. The fraction of sp³-hybridized carbons (Fsp3) is 0.296. The van der Waals surface area contributed by atoms with Gasteiger partial charge in [0.15, 0.2) is 0 Å². The number of phenols is 1. The van der Waals surface area contributed by atoms with Crippen LogP contribution >= 0.6 is 0 Å². The normalized spacial score (nSPS) is 12.9. The van der Waals surface area contributed by atoms with Crippen molar-refractivity contribution in [2.24, 2.45) is 0 Å². The summed E-state index contributed by atoms with van der Waals surface area (Å²) in [6, 6.07) is 24.3. The highest BCUT2D eigenvalue weighted by Gasteiger charge is 2.23. The summed E-state index contributed by atoms with van der Waals surface area (Å²) in [5, 5.41) is 13.9. The van der Waals surface area contributed by atoms with Gasteiger partial charge in [0.05, 0.1) is 0 Å². The molecule has 2 atom stereocenters. The highest BCUT2D eigenvalue weighted by molar-refractivity contribution is 5.78. The lowest BCUT2D eigenvalue weighted by atomic mass is 9.86. The van der Waals surface area contributed by atoms with Gasteiger partial charge in [-0.1, -0.05) is 72.8 Å². The molecular formula is C27H31NO2. The van der Waals surface area contributed by atoms with Crippen LogP contribution in [0, 0.1) is 13.8 Å². The second-order valence-corrected chi connectivity index (χ2v) is 8.11. The zero-order valence-electron chi connectivity index (χ0n) is 18.1. The first kappa shape index (κ1) is 21.6. The number of amides is 1. The summed E-state index contributed by atoms with van der Waals surface area (Å²) in [4.78, 5) is 12.9. The molecule has 0 bridgehead atoms. The molecule has 0 fully saturated rings. The van der Waals surface area contributed by atoms with Gasteiger partial charge in [0.1, 0.15) is 5.75 Å². The van der Waals surface area contributed by atoms with Gasteiger partial charge in [-0.15, -0.1) is 0 Å². The topological polar surface area (TPSA) is 49.3 Å². The molecule has 0 heterocycles. The van der Waals surface area contributed by atoms with Crippen LogP contribution in [0.1, 0.15) is 53.5 Å². The second kappa shape index (κ2) is 10.1. The highest BCUT2D eigenvalue weighted by Crippen LogP contribution is 2.36. The second-order valence-electron chi connectivity index (χ2n) is 8.11. The Morgan fingerprint density at radius 1 is 0.933 bits per heavy atom. The largest absolute Gasteiger partial charge is 0.507 e. The molecule has 3 rings (SSSR count). The summed E-state index contributed by atoms with van der Waals surface area (Å²) >= 11 is 0. The molecule has 1 amide bonds. The van der Waals surface area contributed by atoms with Crippen molar-refractivity contribution >= 4 is 5.91 Å². The van der Waals surface area contributed by atoms with Crippen LogP contribution in [0.15, 0.2) is 72.8 Å². The molecule has 3 aromatic carbocycles. The van der Waals surface area contributed by atoms with Crippen LogP contribution in [0.3, 0.4) is 0 Å². The molecule has 0 spiro atoms. The van der Waals surface area contributed by atoms with E-state index in [4.69, 9.17) is 0 Å². The first-order chi connectivity index (χ1) is 14.5. The molecule has 0 aliphatic heterocycles. The molecule has 3 aromatic rings.